The molecule has 1 heterocycles. The zero-order valence-electron chi connectivity index (χ0n) is 9.89. The van der Waals surface area contributed by atoms with Gasteiger partial charge in [-0.15, -0.1) is 0 Å². The van der Waals surface area contributed by atoms with Gasteiger partial charge in [0.1, 0.15) is 5.58 Å². The SMILES string of the molecule is O=C(NCCOCCO)c1cc2ccccc2o1. The molecule has 0 bridgehead atoms. The fourth-order valence-electron chi connectivity index (χ4n) is 1.58. The number of aliphatic hydroxyl groups excluding tert-OH is 1. The smallest absolute Gasteiger partial charge is 0.287 e. The molecule has 2 rings (SSSR count). The highest BCUT2D eigenvalue weighted by Gasteiger charge is 2.10. The number of fused-ring (bicyclic) bond motifs is 1. The van der Waals surface area contributed by atoms with Gasteiger partial charge in [0.25, 0.3) is 5.91 Å². The largest absolute Gasteiger partial charge is 0.451 e. The lowest BCUT2D eigenvalue weighted by Gasteiger charge is -2.03. The summed E-state index contributed by atoms with van der Waals surface area (Å²) >= 11 is 0. The first kappa shape index (κ1) is 12.6. The highest BCUT2D eigenvalue weighted by Crippen LogP contribution is 2.18. The fraction of sp³-hybridized carbons (Fsp3) is 0.308. The summed E-state index contributed by atoms with van der Waals surface area (Å²) in [6.45, 7) is 1.01. The van der Waals surface area contributed by atoms with E-state index in [1.54, 1.807) is 6.07 Å². The normalized spacial score (nSPS) is 10.7. The third kappa shape index (κ3) is 3.09. The molecule has 1 amide bonds. The number of amides is 1. The van der Waals surface area contributed by atoms with Crippen molar-refractivity contribution in [2.24, 2.45) is 0 Å². The molecule has 0 aliphatic rings. The van der Waals surface area contributed by atoms with Crippen molar-refractivity contribution >= 4 is 16.9 Å². The van der Waals surface area contributed by atoms with E-state index in [1.165, 1.54) is 0 Å². The van der Waals surface area contributed by atoms with E-state index in [0.29, 0.717) is 24.5 Å². The molecule has 5 heteroatoms. The third-order valence-electron chi connectivity index (χ3n) is 2.42. The van der Waals surface area contributed by atoms with E-state index in [1.807, 2.05) is 24.3 Å². The van der Waals surface area contributed by atoms with Crippen LogP contribution in [0.2, 0.25) is 0 Å². The summed E-state index contributed by atoms with van der Waals surface area (Å²) in [5, 5.41) is 12.1. The minimum atomic E-state index is -0.265. The van der Waals surface area contributed by atoms with E-state index in [2.05, 4.69) is 5.32 Å². The standard InChI is InChI=1S/C13H15NO4/c15-6-8-17-7-5-14-13(16)12-9-10-3-1-2-4-11(10)18-12/h1-4,9,15H,5-8H2,(H,14,16). The molecule has 0 aliphatic heterocycles. The van der Waals surface area contributed by atoms with E-state index in [9.17, 15) is 4.79 Å². The molecule has 1 aromatic heterocycles. The molecule has 0 unspecified atom stereocenters. The fourth-order valence-corrected chi connectivity index (χ4v) is 1.58. The lowest BCUT2D eigenvalue weighted by atomic mass is 10.2. The van der Waals surface area contributed by atoms with Gasteiger partial charge in [-0.2, -0.15) is 0 Å². The molecule has 0 radical (unpaired) electrons. The lowest BCUT2D eigenvalue weighted by molar-refractivity contribution is 0.0823. The molecular formula is C13H15NO4. The summed E-state index contributed by atoms with van der Waals surface area (Å²) in [7, 11) is 0. The van der Waals surface area contributed by atoms with Crippen molar-refractivity contribution in [2.45, 2.75) is 0 Å². The average Bonchev–Trinajstić information content (AvgIpc) is 2.82. The third-order valence-corrected chi connectivity index (χ3v) is 2.42. The van der Waals surface area contributed by atoms with Crippen LogP contribution in [0.1, 0.15) is 10.6 Å². The summed E-state index contributed by atoms with van der Waals surface area (Å²) in [6, 6.07) is 9.16. The summed E-state index contributed by atoms with van der Waals surface area (Å²) < 4.78 is 10.4. The Morgan fingerprint density at radius 2 is 2.17 bits per heavy atom. The Morgan fingerprint density at radius 3 is 2.94 bits per heavy atom. The molecule has 2 N–H and O–H groups in total. The molecule has 0 spiro atoms. The van der Waals surface area contributed by atoms with Crippen LogP contribution >= 0.6 is 0 Å². The van der Waals surface area contributed by atoms with Crippen molar-refractivity contribution in [3.63, 3.8) is 0 Å². The predicted octanol–water partition coefficient (Wildman–Crippen LogP) is 1.17. The van der Waals surface area contributed by atoms with Gasteiger partial charge >= 0.3 is 0 Å². The van der Waals surface area contributed by atoms with Crippen molar-refractivity contribution in [1.29, 1.82) is 0 Å². The van der Waals surface area contributed by atoms with Gasteiger partial charge in [-0.25, -0.2) is 0 Å². The van der Waals surface area contributed by atoms with Crippen LogP contribution in [0, 0.1) is 0 Å². The van der Waals surface area contributed by atoms with Crippen LogP contribution in [0.25, 0.3) is 11.0 Å². The number of carbonyl (C=O) groups is 1. The van der Waals surface area contributed by atoms with Crippen molar-refractivity contribution < 1.29 is 19.1 Å². The summed E-state index contributed by atoms with van der Waals surface area (Å²) in [5.41, 5.74) is 0.694. The van der Waals surface area contributed by atoms with E-state index in [0.717, 1.165) is 5.39 Å². The summed E-state index contributed by atoms with van der Waals surface area (Å²) in [5.74, 6) is 0.0251. The number of nitrogens with one attached hydrogen (secondary N) is 1. The summed E-state index contributed by atoms with van der Waals surface area (Å²) in [4.78, 5) is 11.7. The van der Waals surface area contributed by atoms with Crippen LogP contribution in [-0.4, -0.2) is 37.4 Å². The number of benzene rings is 1. The Morgan fingerprint density at radius 1 is 1.33 bits per heavy atom. The Labute approximate surface area is 104 Å². The molecule has 96 valence electrons. The molecule has 0 atom stereocenters. The molecule has 18 heavy (non-hydrogen) atoms. The number of aliphatic hydroxyl groups is 1. The Bertz CT molecular complexity index is 487. The molecule has 5 nitrogen and oxygen atoms in total. The maximum atomic E-state index is 11.7. The molecule has 1 aromatic carbocycles. The Hall–Kier alpha value is -1.85. The maximum absolute atomic E-state index is 11.7. The molecule has 0 fully saturated rings. The van der Waals surface area contributed by atoms with Crippen molar-refractivity contribution in [2.75, 3.05) is 26.4 Å². The van der Waals surface area contributed by atoms with Crippen LogP contribution < -0.4 is 5.32 Å². The number of hydrogen-bond donors (Lipinski definition) is 2. The lowest BCUT2D eigenvalue weighted by Crippen LogP contribution is -2.27. The molecule has 0 saturated carbocycles. The molecule has 2 aromatic rings. The maximum Gasteiger partial charge on any atom is 0.287 e. The zero-order chi connectivity index (χ0) is 12.8. The van der Waals surface area contributed by atoms with E-state index in [-0.39, 0.29) is 19.1 Å². The van der Waals surface area contributed by atoms with Gasteiger partial charge in [-0.3, -0.25) is 4.79 Å². The average molecular weight is 249 g/mol. The molecular weight excluding hydrogens is 234 g/mol. The van der Waals surface area contributed by atoms with Gasteiger partial charge in [-0.05, 0) is 12.1 Å². The second kappa shape index (κ2) is 6.18. The van der Waals surface area contributed by atoms with Crippen molar-refractivity contribution in [1.82, 2.24) is 5.32 Å². The van der Waals surface area contributed by atoms with Crippen LogP contribution in [0.5, 0.6) is 0 Å². The number of para-hydroxylation sites is 1. The first-order chi connectivity index (χ1) is 8.81. The number of ether oxygens (including phenoxy) is 1. The van der Waals surface area contributed by atoms with E-state index < -0.39 is 0 Å². The second-order valence-electron chi connectivity index (χ2n) is 3.74. The predicted molar refractivity (Wildman–Crippen MR) is 66.5 cm³/mol. The second-order valence-corrected chi connectivity index (χ2v) is 3.74. The van der Waals surface area contributed by atoms with Crippen LogP contribution in [0.4, 0.5) is 0 Å². The molecule has 0 saturated heterocycles. The zero-order valence-corrected chi connectivity index (χ0v) is 9.89. The minimum Gasteiger partial charge on any atom is -0.451 e. The van der Waals surface area contributed by atoms with Gasteiger partial charge in [0.15, 0.2) is 5.76 Å². The van der Waals surface area contributed by atoms with Crippen LogP contribution in [0.3, 0.4) is 0 Å². The number of furan rings is 1. The van der Waals surface area contributed by atoms with Gasteiger partial charge in [0, 0.05) is 11.9 Å². The van der Waals surface area contributed by atoms with Gasteiger partial charge in [-0.1, -0.05) is 18.2 Å². The number of carbonyl (C=O) groups excluding carboxylic acids is 1. The molecule has 0 aliphatic carbocycles. The van der Waals surface area contributed by atoms with Crippen LogP contribution in [-0.2, 0) is 4.74 Å². The highest BCUT2D eigenvalue weighted by molar-refractivity contribution is 5.95. The Kier molecular flexibility index (Phi) is 4.33. The van der Waals surface area contributed by atoms with E-state index >= 15 is 0 Å². The Balaban J connectivity index is 1.88. The summed E-state index contributed by atoms with van der Waals surface area (Å²) in [6.07, 6.45) is 0. The quantitative estimate of drug-likeness (QED) is 0.754. The first-order valence-electron chi connectivity index (χ1n) is 5.76. The van der Waals surface area contributed by atoms with E-state index in [4.69, 9.17) is 14.3 Å². The minimum absolute atomic E-state index is 0.0163. The van der Waals surface area contributed by atoms with Gasteiger partial charge in [0.05, 0.1) is 19.8 Å². The van der Waals surface area contributed by atoms with Crippen molar-refractivity contribution in [3.8, 4) is 0 Å². The number of hydrogen-bond acceptors (Lipinski definition) is 4. The van der Waals surface area contributed by atoms with Gasteiger partial charge < -0.3 is 19.6 Å². The monoisotopic (exact) mass is 249 g/mol. The van der Waals surface area contributed by atoms with Crippen LogP contribution in [0.15, 0.2) is 34.7 Å². The highest BCUT2D eigenvalue weighted by atomic mass is 16.5. The topological polar surface area (TPSA) is 71.7 Å². The van der Waals surface area contributed by atoms with Crippen molar-refractivity contribution in [3.05, 3.63) is 36.1 Å². The number of rotatable bonds is 6. The first-order valence-corrected chi connectivity index (χ1v) is 5.76. The van der Waals surface area contributed by atoms with Gasteiger partial charge in [0.2, 0.25) is 0 Å².